The first-order valence-corrected chi connectivity index (χ1v) is 5.92. The Hall–Kier alpha value is -0.240. The van der Waals surface area contributed by atoms with Crippen molar-refractivity contribution in [2.24, 2.45) is 10.9 Å². The summed E-state index contributed by atoms with van der Waals surface area (Å²) in [6.07, 6.45) is 4.23. The third kappa shape index (κ3) is 1.87. The lowest BCUT2D eigenvalue weighted by molar-refractivity contribution is 0.749. The standard InChI is InChI=1S/C8H15NS/c1-8(2)6-10(3)5-4-9-7-10/h4-5,7-8H,6H2,1-3H3. The van der Waals surface area contributed by atoms with Crippen molar-refractivity contribution in [1.29, 1.82) is 0 Å². The number of nitrogens with zero attached hydrogens (tertiary/aromatic N) is 1. The molecule has 0 aromatic heterocycles. The van der Waals surface area contributed by atoms with Crippen LogP contribution in [0.1, 0.15) is 13.8 Å². The van der Waals surface area contributed by atoms with Crippen LogP contribution in [-0.2, 0) is 0 Å². The Labute approximate surface area is 64.6 Å². The van der Waals surface area contributed by atoms with Crippen LogP contribution in [0.15, 0.2) is 16.6 Å². The Bertz CT molecular complexity index is 158. The molecule has 0 fully saturated rings. The van der Waals surface area contributed by atoms with Gasteiger partial charge in [-0.2, -0.15) is 10.0 Å². The summed E-state index contributed by atoms with van der Waals surface area (Å²) in [6.45, 7) is 4.52. The maximum Gasteiger partial charge on any atom is 0.0460 e. The molecule has 0 amide bonds. The summed E-state index contributed by atoms with van der Waals surface area (Å²) in [5.41, 5.74) is 2.12. The molecule has 1 atom stereocenters. The summed E-state index contributed by atoms with van der Waals surface area (Å²) in [6, 6.07) is 0. The molecule has 1 heterocycles. The van der Waals surface area contributed by atoms with Gasteiger partial charge in [-0.15, -0.1) is 0 Å². The highest BCUT2D eigenvalue weighted by Gasteiger charge is 2.15. The van der Waals surface area contributed by atoms with Crippen LogP contribution in [0.2, 0.25) is 0 Å². The molecule has 0 saturated heterocycles. The topological polar surface area (TPSA) is 12.4 Å². The molecule has 58 valence electrons. The lowest BCUT2D eigenvalue weighted by Gasteiger charge is -2.26. The molecule has 10 heavy (non-hydrogen) atoms. The molecule has 0 spiro atoms. The summed E-state index contributed by atoms with van der Waals surface area (Å²) < 4.78 is 0. The first kappa shape index (κ1) is 7.86. The lowest BCUT2D eigenvalue weighted by atomic mass is 10.3. The van der Waals surface area contributed by atoms with Crippen molar-refractivity contribution in [1.82, 2.24) is 0 Å². The van der Waals surface area contributed by atoms with Gasteiger partial charge in [0.05, 0.1) is 0 Å². The van der Waals surface area contributed by atoms with Crippen LogP contribution in [0.5, 0.6) is 0 Å². The van der Waals surface area contributed by atoms with E-state index in [2.05, 4.69) is 36.1 Å². The molecule has 0 saturated carbocycles. The van der Waals surface area contributed by atoms with Crippen LogP contribution < -0.4 is 0 Å². The van der Waals surface area contributed by atoms with Crippen LogP contribution in [0.4, 0.5) is 0 Å². The molecule has 0 radical (unpaired) electrons. The smallest absolute Gasteiger partial charge is 0.0460 e. The Balaban J connectivity index is 2.53. The molecule has 1 aliphatic heterocycles. The number of hydrogen-bond donors (Lipinski definition) is 0. The third-order valence-electron chi connectivity index (χ3n) is 1.45. The predicted molar refractivity (Wildman–Crippen MR) is 50.9 cm³/mol. The molecule has 1 rings (SSSR count). The van der Waals surface area contributed by atoms with E-state index < -0.39 is 10.0 Å². The van der Waals surface area contributed by atoms with E-state index in [-0.39, 0.29) is 0 Å². The Morgan fingerprint density at radius 2 is 2.20 bits per heavy atom. The minimum Gasteiger partial charge on any atom is -0.259 e. The van der Waals surface area contributed by atoms with E-state index in [0.717, 1.165) is 5.92 Å². The first-order valence-electron chi connectivity index (χ1n) is 3.58. The average Bonchev–Trinajstić information content (AvgIpc) is 2.12. The second kappa shape index (κ2) is 2.79. The zero-order valence-electron chi connectivity index (χ0n) is 6.87. The highest BCUT2D eigenvalue weighted by molar-refractivity contribution is 8.45. The van der Waals surface area contributed by atoms with Crippen molar-refractivity contribution in [3.8, 4) is 0 Å². The molecule has 0 N–H and O–H groups in total. The normalized spacial score (nSPS) is 36.8. The van der Waals surface area contributed by atoms with Crippen molar-refractivity contribution >= 4 is 15.6 Å². The second-order valence-corrected chi connectivity index (χ2v) is 6.60. The SMILES string of the molecule is CC(C)CS1(C)C=CN=C1. The van der Waals surface area contributed by atoms with Crippen molar-refractivity contribution < 1.29 is 0 Å². The molecule has 0 bridgehead atoms. The van der Waals surface area contributed by atoms with E-state index in [1.165, 1.54) is 5.75 Å². The zero-order valence-corrected chi connectivity index (χ0v) is 7.69. The van der Waals surface area contributed by atoms with E-state index in [1.807, 2.05) is 6.20 Å². The van der Waals surface area contributed by atoms with Crippen molar-refractivity contribution in [2.75, 3.05) is 12.0 Å². The minimum atomic E-state index is -0.575. The van der Waals surface area contributed by atoms with Crippen molar-refractivity contribution in [3.63, 3.8) is 0 Å². The summed E-state index contributed by atoms with van der Waals surface area (Å²) >= 11 is 0. The third-order valence-corrected chi connectivity index (χ3v) is 4.18. The van der Waals surface area contributed by atoms with Gasteiger partial charge in [0.1, 0.15) is 0 Å². The quantitative estimate of drug-likeness (QED) is 0.584. The Kier molecular flexibility index (Phi) is 2.19. The fourth-order valence-corrected chi connectivity index (χ4v) is 3.60. The van der Waals surface area contributed by atoms with Gasteiger partial charge in [0.15, 0.2) is 0 Å². The van der Waals surface area contributed by atoms with Gasteiger partial charge < -0.3 is 0 Å². The van der Waals surface area contributed by atoms with E-state index in [9.17, 15) is 0 Å². The molecular weight excluding hydrogens is 142 g/mol. The van der Waals surface area contributed by atoms with Crippen LogP contribution >= 0.6 is 10.0 Å². The predicted octanol–water partition coefficient (Wildman–Crippen LogP) is 2.59. The molecule has 1 aliphatic rings. The van der Waals surface area contributed by atoms with E-state index in [1.54, 1.807) is 0 Å². The Morgan fingerprint density at radius 3 is 2.60 bits per heavy atom. The second-order valence-electron chi connectivity index (χ2n) is 3.33. The lowest BCUT2D eigenvalue weighted by Crippen LogP contribution is -2.04. The maximum absolute atomic E-state index is 4.12. The largest absolute Gasteiger partial charge is 0.259 e. The van der Waals surface area contributed by atoms with Gasteiger partial charge in [0.25, 0.3) is 0 Å². The highest BCUT2D eigenvalue weighted by Crippen LogP contribution is 2.46. The van der Waals surface area contributed by atoms with E-state index >= 15 is 0 Å². The van der Waals surface area contributed by atoms with E-state index in [0.29, 0.717) is 0 Å². The molecule has 1 unspecified atom stereocenters. The highest BCUT2D eigenvalue weighted by atomic mass is 32.3. The summed E-state index contributed by atoms with van der Waals surface area (Å²) in [5, 5.41) is 2.26. The number of hydrogen-bond acceptors (Lipinski definition) is 1. The molecular formula is C8H15NS. The van der Waals surface area contributed by atoms with Gasteiger partial charge in [-0.05, 0) is 23.3 Å². The summed E-state index contributed by atoms with van der Waals surface area (Å²) in [4.78, 5) is 4.12. The number of aliphatic imine (C=N–C) groups is 1. The minimum absolute atomic E-state index is 0.575. The zero-order chi connectivity index (χ0) is 7.61. The molecule has 0 aliphatic carbocycles. The molecule has 0 aromatic carbocycles. The van der Waals surface area contributed by atoms with Crippen LogP contribution in [0, 0.1) is 5.92 Å². The fourth-order valence-electron chi connectivity index (χ4n) is 1.20. The van der Waals surface area contributed by atoms with Crippen molar-refractivity contribution in [2.45, 2.75) is 13.8 Å². The average molecular weight is 157 g/mol. The maximum atomic E-state index is 4.12. The van der Waals surface area contributed by atoms with Crippen molar-refractivity contribution in [3.05, 3.63) is 11.6 Å². The van der Waals surface area contributed by atoms with Gasteiger partial charge in [-0.3, -0.25) is 4.99 Å². The van der Waals surface area contributed by atoms with Gasteiger partial charge in [-0.25, -0.2) is 0 Å². The summed E-state index contributed by atoms with van der Waals surface area (Å²) in [5.74, 6) is 2.07. The van der Waals surface area contributed by atoms with E-state index in [4.69, 9.17) is 0 Å². The van der Waals surface area contributed by atoms with Gasteiger partial charge in [-0.1, -0.05) is 13.8 Å². The Morgan fingerprint density at radius 1 is 1.50 bits per heavy atom. The molecule has 1 nitrogen and oxygen atoms in total. The fraction of sp³-hybridized carbons (Fsp3) is 0.625. The number of rotatable bonds is 2. The molecule has 0 aromatic rings. The van der Waals surface area contributed by atoms with Crippen LogP contribution in [0.3, 0.4) is 0 Å². The molecule has 2 heteroatoms. The van der Waals surface area contributed by atoms with Gasteiger partial charge in [0, 0.05) is 11.7 Å². The summed E-state index contributed by atoms with van der Waals surface area (Å²) in [7, 11) is -0.575. The van der Waals surface area contributed by atoms with Gasteiger partial charge >= 0.3 is 0 Å². The monoisotopic (exact) mass is 157 g/mol. The van der Waals surface area contributed by atoms with Gasteiger partial charge in [0.2, 0.25) is 0 Å². The van der Waals surface area contributed by atoms with Crippen LogP contribution in [-0.4, -0.2) is 17.6 Å². The first-order chi connectivity index (χ1) is 4.62. The van der Waals surface area contributed by atoms with Crippen LogP contribution in [0.25, 0.3) is 0 Å².